The van der Waals surface area contributed by atoms with E-state index in [1.807, 2.05) is 0 Å². The number of carbonyl (C=O) groups is 1. The van der Waals surface area contributed by atoms with Crippen molar-refractivity contribution in [2.24, 2.45) is 5.92 Å². The second-order valence-corrected chi connectivity index (χ2v) is 9.61. The van der Waals surface area contributed by atoms with Crippen molar-refractivity contribution in [1.82, 2.24) is 19.7 Å². The van der Waals surface area contributed by atoms with Gasteiger partial charge in [-0.1, -0.05) is 0 Å². The molecule has 3 heterocycles. The Labute approximate surface area is 238 Å². The molecule has 0 unspecified atom stereocenters. The molecule has 1 fully saturated rings. The third kappa shape index (κ3) is 5.64. The Morgan fingerprint density at radius 2 is 1.79 bits per heavy atom. The molecule has 1 amide bonds. The number of pyridine rings is 2. The van der Waals surface area contributed by atoms with E-state index in [0.29, 0.717) is 46.4 Å². The van der Waals surface area contributed by atoms with Gasteiger partial charge in [0.2, 0.25) is 0 Å². The van der Waals surface area contributed by atoms with Gasteiger partial charge in [-0.05, 0) is 55.2 Å². The molecule has 1 aliphatic carbocycles. The van der Waals surface area contributed by atoms with Crippen LogP contribution in [0.3, 0.4) is 0 Å². The number of ether oxygens (including phenoxy) is 4. The van der Waals surface area contributed by atoms with Crippen LogP contribution in [-0.4, -0.2) is 46.5 Å². The second kappa shape index (κ2) is 11.3. The molecule has 0 bridgehead atoms. The minimum absolute atomic E-state index is 0.0222. The predicted octanol–water partition coefficient (Wildman–Crippen LogP) is 5.94. The van der Waals surface area contributed by atoms with Crippen molar-refractivity contribution in [2.45, 2.75) is 12.8 Å². The topological polar surface area (TPSA) is 110 Å². The summed E-state index contributed by atoms with van der Waals surface area (Å²) in [6.07, 6.45) is 6.56. The van der Waals surface area contributed by atoms with Crippen LogP contribution in [0, 0.1) is 17.6 Å². The summed E-state index contributed by atoms with van der Waals surface area (Å²) in [6, 6.07) is 11.6. The van der Waals surface area contributed by atoms with Crippen LogP contribution in [-0.2, 0) is 0 Å². The molecule has 1 N–H and O–H groups in total. The maximum Gasteiger partial charge on any atom is 0.281 e. The van der Waals surface area contributed by atoms with Gasteiger partial charge in [-0.25, -0.2) is 18.4 Å². The lowest BCUT2D eigenvalue weighted by Crippen LogP contribution is -2.15. The smallest absolute Gasteiger partial charge is 0.281 e. The van der Waals surface area contributed by atoms with Crippen molar-refractivity contribution in [3.63, 3.8) is 0 Å². The molecule has 0 spiro atoms. The molecule has 12 heteroatoms. The van der Waals surface area contributed by atoms with Gasteiger partial charge < -0.3 is 24.3 Å². The molecule has 214 valence electrons. The lowest BCUT2D eigenvalue weighted by atomic mass is 10.2. The first kappa shape index (κ1) is 26.9. The van der Waals surface area contributed by atoms with Gasteiger partial charge in [0, 0.05) is 23.7 Å². The summed E-state index contributed by atoms with van der Waals surface area (Å²) in [5.74, 6) is 0.682. The van der Waals surface area contributed by atoms with Crippen molar-refractivity contribution >= 4 is 22.6 Å². The first-order valence-corrected chi connectivity index (χ1v) is 13.1. The molecular weight excluding hydrogens is 548 g/mol. The summed E-state index contributed by atoms with van der Waals surface area (Å²) in [5, 5.41) is 7.62. The number of nitrogens with one attached hydrogen (secondary N) is 1. The standard InChI is InChI=1S/C30H25F2N5O5/c1-39-25-12-20-22(13-26(25)40-2)33-10-9-24(20)42-19-6-8-28(34-14-19)35-30(38)29-27(41-16-17-3-4-17)15-37(36-29)23-7-5-18(31)11-21(23)32/h5-15,17H,3-4,16H2,1-2H3,(H,34,35,38). The lowest BCUT2D eigenvalue weighted by molar-refractivity contribution is 0.101. The molecule has 0 atom stereocenters. The number of hydrogen-bond donors (Lipinski definition) is 1. The van der Waals surface area contributed by atoms with E-state index >= 15 is 0 Å². The van der Waals surface area contributed by atoms with Crippen LogP contribution in [0.1, 0.15) is 23.3 Å². The third-order valence-corrected chi connectivity index (χ3v) is 6.64. The molecule has 6 rings (SSSR count). The van der Waals surface area contributed by atoms with Crippen molar-refractivity contribution in [3.05, 3.63) is 84.4 Å². The van der Waals surface area contributed by atoms with Crippen LogP contribution in [0.5, 0.6) is 28.7 Å². The summed E-state index contributed by atoms with van der Waals surface area (Å²) in [6.45, 7) is 0.407. The van der Waals surface area contributed by atoms with Crippen molar-refractivity contribution < 1.29 is 32.5 Å². The highest BCUT2D eigenvalue weighted by Gasteiger charge is 2.26. The van der Waals surface area contributed by atoms with Gasteiger partial charge in [-0.2, -0.15) is 5.10 Å². The van der Waals surface area contributed by atoms with E-state index in [2.05, 4.69) is 20.4 Å². The van der Waals surface area contributed by atoms with Gasteiger partial charge in [0.1, 0.15) is 28.8 Å². The number of fused-ring (bicyclic) bond motifs is 1. The minimum atomic E-state index is -0.824. The fraction of sp³-hybridized carbons (Fsp3) is 0.200. The largest absolute Gasteiger partial charge is 0.493 e. The molecular formula is C30H25F2N5O5. The highest BCUT2D eigenvalue weighted by atomic mass is 19.1. The van der Waals surface area contributed by atoms with Crippen LogP contribution in [0.4, 0.5) is 14.6 Å². The Morgan fingerprint density at radius 1 is 0.976 bits per heavy atom. The number of nitrogens with zero attached hydrogens (tertiary/aromatic N) is 4. The van der Waals surface area contributed by atoms with Crippen molar-refractivity contribution in [2.75, 3.05) is 26.1 Å². The molecule has 3 aromatic heterocycles. The molecule has 0 aliphatic heterocycles. The molecule has 1 saturated carbocycles. The van der Waals surface area contributed by atoms with E-state index in [1.165, 1.54) is 18.5 Å². The van der Waals surface area contributed by atoms with Gasteiger partial charge in [0.15, 0.2) is 28.8 Å². The van der Waals surface area contributed by atoms with E-state index in [1.54, 1.807) is 50.7 Å². The maximum atomic E-state index is 14.4. The van der Waals surface area contributed by atoms with Crippen LogP contribution in [0.15, 0.2) is 67.1 Å². The summed E-state index contributed by atoms with van der Waals surface area (Å²) >= 11 is 0. The Balaban J connectivity index is 1.21. The Hall–Kier alpha value is -5.26. The first-order valence-electron chi connectivity index (χ1n) is 13.1. The third-order valence-electron chi connectivity index (χ3n) is 6.64. The summed E-state index contributed by atoms with van der Waals surface area (Å²) < 4.78 is 51.6. The van der Waals surface area contributed by atoms with Gasteiger partial charge >= 0.3 is 0 Å². The SMILES string of the molecule is COc1cc2nccc(Oc3ccc(NC(=O)c4nn(-c5ccc(F)cc5F)cc4OCC4CC4)nc3)c2cc1OC. The lowest BCUT2D eigenvalue weighted by Gasteiger charge is -2.12. The molecule has 0 radical (unpaired) electrons. The number of amides is 1. The van der Waals surface area contributed by atoms with E-state index < -0.39 is 17.5 Å². The Bertz CT molecular complexity index is 1770. The van der Waals surface area contributed by atoms with Gasteiger partial charge in [-0.3, -0.25) is 9.78 Å². The molecule has 42 heavy (non-hydrogen) atoms. The second-order valence-electron chi connectivity index (χ2n) is 9.61. The summed E-state index contributed by atoms with van der Waals surface area (Å²) in [4.78, 5) is 21.9. The monoisotopic (exact) mass is 573 g/mol. The zero-order chi connectivity index (χ0) is 29.2. The van der Waals surface area contributed by atoms with E-state index in [0.717, 1.165) is 29.7 Å². The zero-order valence-electron chi connectivity index (χ0n) is 22.6. The Morgan fingerprint density at radius 3 is 2.50 bits per heavy atom. The highest BCUT2D eigenvalue weighted by molar-refractivity contribution is 6.04. The number of methoxy groups -OCH3 is 2. The van der Waals surface area contributed by atoms with E-state index in [9.17, 15) is 13.6 Å². The number of carbonyl (C=O) groups excluding carboxylic acids is 1. The zero-order valence-corrected chi connectivity index (χ0v) is 22.6. The summed E-state index contributed by atoms with van der Waals surface area (Å²) in [5.41, 5.74) is 0.571. The fourth-order valence-corrected chi connectivity index (χ4v) is 4.26. The van der Waals surface area contributed by atoms with Gasteiger partial charge in [0.05, 0.1) is 38.7 Å². The number of halogens is 2. The van der Waals surface area contributed by atoms with Crippen LogP contribution >= 0.6 is 0 Å². The molecule has 0 saturated heterocycles. The molecule has 5 aromatic rings. The molecule has 2 aromatic carbocycles. The van der Waals surface area contributed by atoms with Gasteiger partial charge in [-0.15, -0.1) is 0 Å². The number of rotatable bonds is 10. The average Bonchev–Trinajstić information content (AvgIpc) is 3.73. The van der Waals surface area contributed by atoms with Crippen LogP contribution in [0.2, 0.25) is 0 Å². The number of anilines is 1. The highest BCUT2D eigenvalue weighted by Crippen LogP contribution is 2.37. The van der Waals surface area contributed by atoms with Crippen LogP contribution < -0.4 is 24.3 Å². The van der Waals surface area contributed by atoms with E-state index in [4.69, 9.17) is 18.9 Å². The van der Waals surface area contributed by atoms with Gasteiger partial charge in [0.25, 0.3) is 5.91 Å². The maximum absolute atomic E-state index is 14.4. The number of benzene rings is 2. The average molecular weight is 574 g/mol. The normalized spacial score (nSPS) is 12.7. The molecule has 10 nitrogen and oxygen atoms in total. The summed E-state index contributed by atoms with van der Waals surface area (Å²) in [7, 11) is 3.10. The number of hydrogen-bond acceptors (Lipinski definition) is 8. The van der Waals surface area contributed by atoms with Crippen molar-refractivity contribution in [3.8, 4) is 34.4 Å². The predicted molar refractivity (Wildman–Crippen MR) is 149 cm³/mol. The Kier molecular flexibility index (Phi) is 7.26. The van der Waals surface area contributed by atoms with E-state index in [-0.39, 0.29) is 22.9 Å². The fourth-order valence-electron chi connectivity index (χ4n) is 4.26. The number of aromatic nitrogens is 4. The first-order chi connectivity index (χ1) is 20.4. The van der Waals surface area contributed by atoms with Crippen molar-refractivity contribution in [1.29, 1.82) is 0 Å². The minimum Gasteiger partial charge on any atom is -0.493 e. The quantitative estimate of drug-likeness (QED) is 0.219. The molecule has 1 aliphatic rings. The van der Waals surface area contributed by atoms with Crippen LogP contribution in [0.25, 0.3) is 16.6 Å².